The van der Waals surface area contributed by atoms with E-state index in [2.05, 4.69) is 238 Å². The number of hydrogen-bond donors (Lipinski definition) is 0. The number of nitrogens with zero attached hydrogens (tertiary/aromatic N) is 3. The van der Waals surface area contributed by atoms with Crippen LogP contribution < -0.4 is 4.90 Å². The summed E-state index contributed by atoms with van der Waals surface area (Å²) in [5.74, 6) is 0. The molecule has 0 fully saturated rings. The van der Waals surface area contributed by atoms with Gasteiger partial charge in [0.05, 0.1) is 27.8 Å². The van der Waals surface area contributed by atoms with Gasteiger partial charge in [0.1, 0.15) is 0 Å². The number of aromatic nitrogens is 2. The van der Waals surface area contributed by atoms with E-state index in [0.29, 0.717) is 0 Å². The van der Waals surface area contributed by atoms with Gasteiger partial charge < -0.3 is 14.0 Å². The van der Waals surface area contributed by atoms with Crippen LogP contribution in [0.2, 0.25) is 0 Å². The van der Waals surface area contributed by atoms with Crippen LogP contribution in [0.5, 0.6) is 0 Å². The van der Waals surface area contributed by atoms with Gasteiger partial charge in [0.15, 0.2) is 0 Å². The van der Waals surface area contributed by atoms with Crippen LogP contribution in [0.15, 0.2) is 224 Å². The molecule has 0 N–H and O–H groups in total. The Labute approximate surface area is 331 Å². The van der Waals surface area contributed by atoms with E-state index in [0.717, 1.165) is 22.7 Å². The molecule has 0 atom stereocenters. The first kappa shape index (κ1) is 32.8. The zero-order chi connectivity index (χ0) is 37.7. The molecule has 0 saturated heterocycles. The van der Waals surface area contributed by atoms with Crippen molar-refractivity contribution in [3.63, 3.8) is 0 Å². The van der Waals surface area contributed by atoms with E-state index in [1.54, 1.807) is 0 Å². The van der Waals surface area contributed by atoms with Crippen molar-refractivity contribution in [1.82, 2.24) is 9.13 Å². The first-order valence-electron chi connectivity index (χ1n) is 19.5. The van der Waals surface area contributed by atoms with Crippen LogP contribution in [-0.4, -0.2) is 9.13 Å². The molecular weight excluding hydrogens is 691 g/mol. The van der Waals surface area contributed by atoms with Gasteiger partial charge in [0, 0.05) is 49.9 Å². The summed E-state index contributed by atoms with van der Waals surface area (Å²) in [5.41, 5.74) is 15.2. The molecule has 0 aliphatic heterocycles. The zero-order valence-electron chi connectivity index (χ0n) is 31.2. The lowest BCUT2D eigenvalue weighted by atomic mass is 10.0. The molecule has 57 heavy (non-hydrogen) atoms. The maximum absolute atomic E-state index is 2.41. The Bertz CT molecular complexity index is 3120. The van der Waals surface area contributed by atoms with Crippen LogP contribution in [0.3, 0.4) is 0 Å². The highest BCUT2D eigenvalue weighted by atomic mass is 15.1. The average Bonchev–Trinajstić information content (AvgIpc) is 3.81. The van der Waals surface area contributed by atoms with Crippen LogP contribution in [-0.2, 0) is 0 Å². The molecule has 3 heteroatoms. The first-order valence-corrected chi connectivity index (χ1v) is 19.5. The number of benzene rings is 9. The van der Waals surface area contributed by atoms with E-state index in [-0.39, 0.29) is 0 Å². The van der Waals surface area contributed by atoms with Crippen molar-refractivity contribution >= 4 is 60.7 Å². The van der Waals surface area contributed by atoms with Crippen LogP contribution in [0.25, 0.3) is 77.2 Å². The van der Waals surface area contributed by atoms with E-state index in [4.69, 9.17) is 0 Å². The van der Waals surface area contributed by atoms with Gasteiger partial charge in [-0.1, -0.05) is 146 Å². The van der Waals surface area contributed by atoms with Gasteiger partial charge in [-0.05, 0) is 95.6 Å². The van der Waals surface area contributed by atoms with E-state index in [1.807, 2.05) is 0 Å². The number of para-hydroxylation sites is 6. The van der Waals surface area contributed by atoms with Crippen molar-refractivity contribution in [2.45, 2.75) is 0 Å². The molecular formula is C54H37N3. The minimum atomic E-state index is 1.10. The highest BCUT2D eigenvalue weighted by Crippen LogP contribution is 2.40. The van der Waals surface area contributed by atoms with E-state index in [9.17, 15) is 0 Å². The largest absolute Gasteiger partial charge is 0.311 e. The Morgan fingerprint density at radius 2 is 0.719 bits per heavy atom. The predicted octanol–water partition coefficient (Wildman–Crippen LogP) is 14.7. The molecule has 0 bridgehead atoms. The van der Waals surface area contributed by atoms with Gasteiger partial charge in [-0.25, -0.2) is 0 Å². The molecule has 11 aromatic rings. The summed E-state index contributed by atoms with van der Waals surface area (Å²) in [4.78, 5) is 2.33. The minimum absolute atomic E-state index is 1.10. The lowest BCUT2D eigenvalue weighted by Gasteiger charge is -2.26. The fraction of sp³-hybridized carbons (Fsp3) is 0. The molecule has 9 aromatic carbocycles. The van der Waals surface area contributed by atoms with E-state index in [1.165, 1.54) is 71.6 Å². The summed E-state index contributed by atoms with van der Waals surface area (Å²) in [6.07, 6.45) is 0. The lowest BCUT2D eigenvalue weighted by molar-refractivity contribution is 1.18. The van der Waals surface area contributed by atoms with Gasteiger partial charge >= 0.3 is 0 Å². The molecule has 0 unspecified atom stereocenters. The third kappa shape index (κ3) is 5.51. The van der Waals surface area contributed by atoms with Gasteiger partial charge in [0.2, 0.25) is 0 Å². The Morgan fingerprint density at radius 3 is 1.28 bits per heavy atom. The third-order valence-electron chi connectivity index (χ3n) is 11.3. The number of hydrogen-bond acceptors (Lipinski definition) is 1. The third-order valence-corrected chi connectivity index (χ3v) is 11.3. The first-order chi connectivity index (χ1) is 28.3. The fourth-order valence-electron chi connectivity index (χ4n) is 8.74. The van der Waals surface area contributed by atoms with Crippen molar-refractivity contribution in [2.75, 3.05) is 4.90 Å². The van der Waals surface area contributed by atoms with Gasteiger partial charge in [0.25, 0.3) is 0 Å². The van der Waals surface area contributed by atoms with Crippen molar-refractivity contribution in [1.29, 1.82) is 0 Å². The van der Waals surface area contributed by atoms with Gasteiger partial charge in [-0.15, -0.1) is 0 Å². The van der Waals surface area contributed by atoms with Gasteiger partial charge in [-0.3, -0.25) is 0 Å². The molecule has 2 heterocycles. The highest BCUT2D eigenvalue weighted by Gasteiger charge is 2.17. The Balaban J connectivity index is 0.957. The zero-order valence-corrected chi connectivity index (χ0v) is 31.2. The van der Waals surface area contributed by atoms with Crippen molar-refractivity contribution < 1.29 is 0 Å². The lowest BCUT2D eigenvalue weighted by Crippen LogP contribution is -2.09. The SMILES string of the molecule is c1ccc(N(c2ccc(-c3cccc(-n4c5ccccc5c5ccccc54)c3)cc2)c2ccc(-c3ccccc3-n3c4ccccc4c4ccccc43)cc2)cc1. The van der Waals surface area contributed by atoms with Crippen LogP contribution in [0, 0.1) is 0 Å². The second-order valence-electron chi connectivity index (χ2n) is 14.6. The molecule has 0 radical (unpaired) electrons. The Kier molecular flexibility index (Phi) is 7.82. The molecule has 0 saturated carbocycles. The van der Waals surface area contributed by atoms with E-state index >= 15 is 0 Å². The summed E-state index contributed by atoms with van der Waals surface area (Å²) in [6.45, 7) is 0. The van der Waals surface area contributed by atoms with Crippen LogP contribution in [0.4, 0.5) is 17.1 Å². The molecule has 0 aliphatic rings. The summed E-state index contributed by atoms with van der Waals surface area (Å²) in [6, 6.07) is 81.0. The summed E-state index contributed by atoms with van der Waals surface area (Å²) in [5, 5.41) is 5.06. The summed E-state index contributed by atoms with van der Waals surface area (Å²) >= 11 is 0. The normalized spacial score (nSPS) is 11.5. The maximum Gasteiger partial charge on any atom is 0.0541 e. The quantitative estimate of drug-likeness (QED) is 0.159. The predicted molar refractivity (Wildman–Crippen MR) is 241 cm³/mol. The molecule has 0 spiro atoms. The Hall–Kier alpha value is -7.62. The highest BCUT2D eigenvalue weighted by molar-refractivity contribution is 6.10. The number of fused-ring (bicyclic) bond motifs is 6. The second kappa shape index (κ2) is 13.6. The Morgan fingerprint density at radius 1 is 0.281 bits per heavy atom. The van der Waals surface area contributed by atoms with Crippen LogP contribution >= 0.6 is 0 Å². The van der Waals surface area contributed by atoms with Crippen molar-refractivity contribution in [3.05, 3.63) is 224 Å². The average molecular weight is 728 g/mol. The topological polar surface area (TPSA) is 13.1 Å². The minimum Gasteiger partial charge on any atom is -0.311 e. The van der Waals surface area contributed by atoms with Crippen molar-refractivity contribution in [2.24, 2.45) is 0 Å². The summed E-state index contributed by atoms with van der Waals surface area (Å²) < 4.78 is 4.79. The number of anilines is 3. The van der Waals surface area contributed by atoms with Crippen molar-refractivity contribution in [3.8, 4) is 33.6 Å². The smallest absolute Gasteiger partial charge is 0.0541 e. The number of rotatable bonds is 7. The summed E-state index contributed by atoms with van der Waals surface area (Å²) in [7, 11) is 0. The monoisotopic (exact) mass is 727 g/mol. The molecule has 0 amide bonds. The second-order valence-corrected chi connectivity index (χ2v) is 14.6. The molecule has 2 aromatic heterocycles. The molecule has 0 aliphatic carbocycles. The van der Waals surface area contributed by atoms with Crippen LogP contribution in [0.1, 0.15) is 0 Å². The standard InChI is InChI=1S/C54H37N3/c1-2-16-41(17-3-1)55(42-33-29-38(30-34-42)40-15-14-18-44(37-40)56-51-25-10-5-20-46(51)47-21-6-11-26-52(47)56)43-35-31-39(32-36-43)45-19-4-9-24-50(45)57-53-27-12-7-22-48(53)49-23-8-13-28-54(49)57/h1-37H. The van der Waals surface area contributed by atoms with E-state index < -0.39 is 0 Å². The maximum atomic E-state index is 2.41. The molecule has 268 valence electrons. The fourth-order valence-corrected chi connectivity index (χ4v) is 8.74. The molecule has 11 rings (SSSR count). The van der Waals surface area contributed by atoms with Gasteiger partial charge in [-0.2, -0.15) is 0 Å². The molecule has 3 nitrogen and oxygen atoms in total.